The van der Waals surface area contributed by atoms with Gasteiger partial charge < -0.3 is 14.6 Å². The quantitative estimate of drug-likeness (QED) is 0.442. The van der Waals surface area contributed by atoms with Gasteiger partial charge in [-0.1, -0.05) is 20.3 Å². The third-order valence-electron chi connectivity index (χ3n) is 7.64. The van der Waals surface area contributed by atoms with Gasteiger partial charge in [0, 0.05) is 49.9 Å². The maximum atomic E-state index is 16.1. The first kappa shape index (κ1) is 22.3. The second kappa shape index (κ2) is 8.78. The van der Waals surface area contributed by atoms with E-state index in [1.807, 2.05) is 12.3 Å². The van der Waals surface area contributed by atoms with Gasteiger partial charge in [0.1, 0.15) is 6.33 Å². The van der Waals surface area contributed by atoms with Crippen molar-refractivity contribution < 1.29 is 9.13 Å². The number of rotatable bonds is 6. The van der Waals surface area contributed by atoms with Crippen LogP contribution in [0, 0.1) is 11.7 Å². The molecule has 0 spiro atoms. The molecule has 1 saturated heterocycles. The molecule has 2 aliphatic rings. The van der Waals surface area contributed by atoms with Crippen LogP contribution in [0.15, 0.2) is 24.8 Å². The molecule has 0 unspecified atom stereocenters. The molecule has 4 aromatic heterocycles. The zero-order valence-electron chi connectivity index (χ0n) is 20.6. The Morgan fingerprint density at radius 2 is 1.97 bits per heavy atom. The average Bonchev–Trinajstić information content (AvgIpc) is 3.47. The number of anilines is 1. The van der Waals surface area contributed by atoms with Crippen molar-refractivity contribution in [2.45, 2.75) is 39.0 Å². The van der Waals surface area contributed by atoms with Crippen molar-refractivity contribution in [1.29, 1.82) is 0 Å². The van der Waals surface area contributed by atoms with Gasteiger partial charge in [-0.25, -0.2) is 18.9 Å². The fourth-order valence-corrected chi connectivity index (χ4v) is 5.55. The molecule has 0 aromatic carbocycles. The number of hydrogen-bond acceptors (Lipinski definition) is 6. The summed E-state index contributed by atoms with van der Waals surface area (Å²) in [6.07, 6.45) is 9.26. The number of nitrogens with one attached hydrogen (secondary N) is 1. The summed E-state index contributed by atoms with van der Waals surface area (Å²) in [6, 6.07) is 1.92. The van der Waals surface area contributed by atoms with E-state index in [1.165, 1.54) is 32.1 Å². The van der Waals surface area contributed by atoms with Crippen molar-refractivity contribution in [3.05, 3.63) is 36.2 Å². The maximum absolute atomic E-state index is 16.1. The number of fused-ring (bicyclic) bond motifs is 2. The minimum Gasteiger partial charge on any atom is -0.493 e. The highest BCUT2D eigenvalue weighted by Gasteiger charge is 2.28. The normalized spacial score (nSPS) is 17.6. The predicted octanol–water partition coefficient (Wildman–Crippen LogP) is 4.47. The molecule has 4 aromatic rings. The fourth-order valence-electron chi connectivity index (χ4n) is 5.55. The highest BCUT2D eigenvalue weighted by Crippen LogP contribution is 2.40. The van der Waals surface area contributed by atoms with Gasteiger partial charge in [0.25, 0.3) is 0 Å². The van der Waals surface area contributed by atoms with Gasteiger partial charge in [-0.15, -0.1) is 0 Å². The first-order chi connectivity index (χ1) is 17.0. The summed E-state index contributed by atoms with van der Waals surface area (Å²) in [7, 11) is 1.62. The molecular weight excluding hydrogens is 445 g/mol. The Morgan fingerprint density at radius 1 is 1.17 bits per heavy atom. The van der Waals surface area contributed by atoms with E-state index in [-0.39, 0.29) is 11.7 Å². The summed E-state index contributed by atoms with van der Waals surface area (Å²) in [4.78, 5) is 16.9. The Labute approximate surface area is 204 Å². The van der Waals surface area contributed by atoms with Crippen molar-refractivity contribution in [3.8, 4) is 17.0 Å². The number of nitrogens with zero attached hydrogens (tertiary/aromatic N) is 6. The lowest BCUT2D eigenvalue weighted by atomic mass is 9.85. The Hall–Kier alpha value is -3.20. The highest BCUT2D eigenvalue weighted by atomic mass is 19.1. The van der Waals surface area contributed by atoms with E-state index < -0.39 is 0 Å². The number of ether oxygens (including phenoxy) is 1. The third-order valence-corrected chi connectivity index (χ3v) is 7.64. The second-order valence-corrected chi connectivity index (χ2v) is 10.2. The second-order valence-electron chi connectivity index (χ2n) is 10.2. The van der Waals surface area contributed by atoms with Gasteiger partial charge in [0.2, 0.25) is 0 Å². The molecule has 9 heteroatoms. The number of piperazine rings is 1. The zero-order chi connectivity index (χ0) is 24.1. The van der Waals surface area contributed by atoms with E-state index in [4.69, 9.17) is 4.74 Å². The van der Waals surface area contributed by atoms with E-state index >= 15 is 4.39 Å². The molecule has 6 rings (SSSR count). The average molecular weight is 478 g/mol. The number of methoxy groups -OCH3 is 1. The third kappa shape index (κ3) is 3.82. The number of aromatic nitrogens is 5. The van der Waals surface area contributed by atoms with Gasteiger partial charge >= 0.3 is 0 Å². The largest absolute Gasteiger partial charge is 0.493 e. The smallest absolute Gasteiger partial charge is 0.197 e. The molecule has 5 heterocycles. The van der Waals surface area contributed by atoms with E-state index in [0.29, 0.717) is 28.1 Å². The standard InChI is InChI=1S/C26H32FN7O/c1-16(2)21-22-19(31-24(21)18-11-20(35-3)25-29-15-30-34(25)14-18)12-28-26(23(22)27)33-9-7-32(8-10-33)13-17-5-4-6-17/h11-12,14-17,31H,4-10,13H2,1-3H3. The van der Waals surface area contributed by atoms with Crippen LogP contribution in [0.3, 0.4) is 0 Å². The van der Waals surface area contributed by atoms with Crippen LogP contribution < -0.4 is 9.64 Å². The Bertz CT molecular complexity index is 1370. The molecule has 1 N–H and O–H groups in total. The summed E-state index contributed by atoms with van der Waals surface area (Å²) in [5.41, 5.74) is 4.00. The molecule has 0 atom stereocenters. The molecule has 2 fully saturated rings. The minimum atomic E-state index is -0.241. The number of aromatic amines is 1. The van der Waals surface area contributed by atoms with Crippen LogP contribution in [0.25, 0.3) is 27.8 Å². The van der Waals surface area contributed by atoms with Crippen LogP contribution in [-0.2, 0) is 0 Å². The van der Waals surface area contributed by atoms with Crippen LogP contribution >= 0.6 is 0 Å². The van der Waals surface area contributed by atoms with Crippen LogP contribution in [-0.4, -0.2) is 69.3 Å². The van der Waals surface area contributed by atoms with Crippen LogP contribution in [0.1, 0.15) is 44.6 Å². The molecule has 1 aliphatic heterocycles. The number of halogens is 1. The van der Waals surface area contributed by atoms with Crippen LogP contribution in [0.5, 0.6) is 5.75 Å². The van der Waals surface area contributed by atoms with E-state index in [1.54, 1.807) is 17.8 Å². The Morgan fingerprint density at radius 3 is 2.66 bits per heavy atom. The van der Waals surface area contributed by atoms with Crippen molar-refractivity contribution in [2.24, 2.45) is 5.92 Å². The molecule has 1 aliphatic carbocycles. The van der Waals surface area contributed by atoms with Crippen molar-refractivity contribution >= 4 is 22.4 Å². The first-order valence-electron chi connectivity index (χ1n) is 12.6. The Balaban J connectivity index is 1.37. The van der Waals surface area contributed by atoms with Gasteiger partial charge in [-0.05, 0) is 36.3 Å². The van der Waals surface area contributed by atoms with E-state index in [9.17, 15) is 0 Å². The maximum Gasteiger partial charge on any atom is 0.197 e. The summed E-state index contributed by atoms with van der Waals surface area (Å²) >= 11 is 0. The van der Waals surface area contributed by atoms with Crippen molar-refractivity contribution in [2.75, 3.05) is 44.7 Å². The summed E-state index contributed by atoms with van der Waals surface area (Å²) < 4.78 is 23.4. The van der Waals surface area contributed by atoms with Crippen LogP contribution in [0.4, 0.5) is 10.2 Å². The van der Waals surface area contributed by atoms with Crippen molar-refractivity contribution in [1.82, 2.24) is 29.5 Å². The molecule has 0 bridgehead atoms. The molecule has 0 amide bonds. The van der Waals surface area contributed by atoms with Crippen LogP contribution in [0.2, 0.25) is 0 Å². The molecule has 0 radical (unpaired) electrons. The van der Waals surface area contributed by atoms with Gasteiger partial charge in [0.15, 0.2) is 23.0 Å². The predicted molar refractivity (Wildman–Crippen MR) is 135 cm³/mol. The lowest BCUT2D eigenvalue weighted by molar-refractivity contribution is 0.170. The SMILES string of the molecule is COc1cc(-c2[nH]c3cnc(N4CCN(CC5CCC5)CC4)c(F)c3c2C(C)C)cn2ncnc12. The lowest BCUT2D eigenvalue weighted by Gasteiger charge is -2.39. The zero-order valence-corrected chi connectivity index (χ0v) is 20.6. The molecule has 1 saturated carbocycles. The number of hydrogen-bond donors (Lipinski definition) is 1. The monoisotopic (exact) mass is 477 g/mol. The highest BCUT2D eigenvalue weighted by molar-refractivity contribution is 5.93. The van der Waals surface area contributed by atoms with Crippen molar-refractivity contribution in [3.63, 3.8) is 0 Å². The summed E-state index contributed by atoms with van der Waals surface area (Å²) in [6.45, 7) is 8.89. The Kier molecular flexibility index (Phi) is 5.59. The summed E-state index contributed by atoms with van der Waals surface area (Å²) in [5, 5.41) is 4.90. The number of pyridine rings is 2. The fraction of sp³-hybridized carbons (Fsp3) is 0.500. The summed E-state index contributed by atoms with van der Waals surface area (Å²) in [5.74, 6) is 1.79. The minimum absolute atomic E-state index is 0.0975. The number of H-pyrrole nitrogens is 1. The van der Waals surface area contributed by atoms with Gasteiger partial charge in [-0.3, -0.25) is 4.90 Å². The molecule has 8 nitrogen and oxygen atoms in total. The van der Waals surface area contributed by atoms with Gasteiger partial charge in [0.05, 0.1) is 24.5 Å². The first-order valence-corrected chi connectivity index (χ1v) is 12.6. The van der Waals surface area contributed by atoms with E-state index in [2.05, 4.69) is 43.7 Å². The molecule has 35 heavy (non-hydrogen) atoms. The molecule has 184 valence electrons. The van der Waals surface area contributed by atoms with E-state index in [0.717, 1.165) is 48.9 Å². The topological polar surface area (TPSA) is 74.6 Å². The molecular formula is C26H32FN7O. The van der Waals surface area contributed by atoms with Gasteiger partial charge in [-0.2, -0.15) is 5.10 Å². The lowest BCUT2D eigenvalue weighted by Crippen LogP contribution is -2.48.